The van der Waals surface area contributed by atoms with Gasteiger partial charge in [-0.2, -0.15) is 0 Å². The van der Waals surface area contributed by atoms with E-state index < -0.39 is 0 Å². The number of hydrogen-bond donors (Lipinski definition) is 2. The average molecular weight is 365 g/mol. The van der Waals surface area contributed by atoms with Gasteiger partial charge in [0.05, 0.1) is 4.88 Å². The number of aryl methyl sites for hydroxylation is 2. The normalized spacial score (nSPS) is 12.8. The topological polar surface area (TPSA) is 58.2 Å². The standard InChI is InChI=1S/C15H13BrN2O2S/c16-11-5-1-4-10(7-11)14(19)17-18-15(20)13-8-9-3-2-6-12(9)21-13/h1,4-5,7-8H,2-3,6H2,(H,17,19)(H,18,20). The van der Waals surface area contributed by atoms with Crippen LogP contribution in [0.4, 0.5) is 0 Å². The fourth-order valence-corrected chi connectivity index (χ4v) is 3.87. The largest absolute Gasteiger partial charge is 0.279 e. The van der Waals surface area contributed by atoms with E-state index in [9.17, 15) is 9.59 Å². The molecule has 2 amide bonds. The lowest BCUT2D eigenvalue weighted by atomic mass is 10.2. The zero-order valence-corrected chi connectivity index (χ0v) is 13.5. The summed E-state index contributed by atoms with van der Waals surface area (Å²) in [6.45, 7) is 0. The third-order valence-corrected chi connectivity index (χ3v) is 5.08. The number of benzene rings is 1. The predicted molar refractivity (Wildman–Crippen MR) is 85.4 cm³/mol. The highest BCUT2D eigenvalue weighted by Crippen LogP contribution is 2.30. The van der Waals surface area contributed by atoms with E-state index >= 15 is 0 Å². The molecule has 1 aromatic carbocycles. The van der Waals surface area contributed by atoms with Crippen LogP contribution in [0, 0.1) is 0 Å². The van der Waals surface area contributed by atoms with Crippen molar-refractivity contribution < 1.29 is 9.59 Å². The maximum absolute atomic E-state index is 12.0. The fourth-order valence-electron chi connectivity index (χ4n) is 2.32. The van der Waals surface area contributed by atoms with Crippen molar-refractivity contribution in [3.05, 3.63) is 55.7 Å². The Morgan fingerprint density at radius 2 is 1.90 bits per heavy atom. The van der Waals surface area contributed by atoms with Gasteiger partial charge in [-0.05, 0) is 49.1 Å². The van der Waals surface area contributed by atoms with E-state index in [0.717, 1.165) is 17.3 Å². The molecule has 0 radical (unpaired) electrons. The molecule has 6 heteroatoms. The molecule has 0 spiro atoms. The molecule has 1 aliphatic rings. The van der Waals surface area contributed by atoms with Gasteiger partial charge in [0.25, 0.3) is 11.8 Å². The van der Waals surface area contributed by atoms with E-state index in [1.165, 1.54) is 28.2 Å². The van der Waals surface area contributed by atoms with Gasteiger partial charge in [0.1, 0.15) is 0 Å². The average Bonchev–Trinajstić information content (AvgIpc) is 3.05. The molecule has 0 unspecified atom stereocenters. The number of carbonyl (C=O) groups is 2. The second-order valence-corrected chi connectivity index (χ2v) is 6.88. The number of amides is 2. The van der Waals surface area contributed by atoms with Gasteiger partial charge in [-0.1, -0.05) is 22.0 Å². The Balaban J connectivity index is 1.61. The first-order chi connectivity index (χ1) is 10.1. The van der Waals surface area contributed by atoms with Crippen LogP contribution in [-0.4, -0.2) is 11.8 Å². The van der Waals surface area contributed by atoms with Crippen LogP contribution in [-0.2, 0) is 12.8 Å². The van der Waals surface area contributed by atoms with Gasteiger partial charge >= 0.3 is 0 Å². The summed E-state index contributed by atoms with van der Waals surface area (Å²) in [4.78, 5) is 25.9. The highest BCUT2D eigenvalue weighted by atomic mass is 79.9. The number of rotatable bonds is 2. The Morgan fingerprint density at radius 1 is 1.10 bits per heavy atom. The van der Waals surface area contributed by atoms with Crippen molar-refractivity contribution in [1.82, 2.24) is 10.9 Å². The number of nitrogens with one attached hydrogen (secondary N) is 2. The summed E-state index contributed by atoms with van der Waals surface area (Å²) >= 11 is 4.82. The minimum Gasteiger partial charge on any atom is -0.267 e. The molecule has 108 valence electrons. The van der Waals surface area contributed by atoms with Crippen LogP contribution in [0.3, 0.4) is 0 Å². The number of thiophene rings is 1. The van der Waals surface area contributed by atoms with Crippen molar-refractivity contribution >= 4 is 39.1 Å². The Labute approximate surface area is 134 Å². The first-order valence-corrected chi connectivity index (χ1v) is 8.22. The van der Waals surface area contributed by atoms with Crippen molar-refractivity contribution in [2.45, 2.75) is 19.3 Å². The van der Waals surface area contributed by atoms with E-state index in [2.05, 4.69) is 26.8 Å². The maximum atomic E-state index is 12.0. The third-order valence-electron chi connectivity index (χ3n) is 3.35. The fraction of sp³-hybridized carbons (Fsp3) is 0.200. The van der Waals surface area contributed by atoms with Gasteiger partial charge in [0.2, 0.25) is 0 Å². The summed E-state index contributed by atoms with van der Waals surface area (Å²) in [6.07, 6.45) is 3.27. The Morgan fingerprint density at radius 3 is 2.67 bits per heavy atom. The van der Waals surface area contributed by atoms with Gasteiger partial charge in [0, 0.05) is 14.9 Å². The van der Waals surface area contributed by atoms with Crippen molar-refractivity contribution in [2.24, 2.45) is 0 Å². The van der Waals surface area contributed by atoms with E-state index in [1.807, 2.05) is 12.1 Å². The molecule has 0 saturated carbocycles. The van der Waals surface area contributed by atoms with Crippen LogP contribution in [0.1, 0.15) is 36.9 Å². The molecule has 3 rings (SSSR count). The third kappa shape index (κ3) is 3.16. The molecular formula is C15H13BrN2O2S. The molecule has 0 bridgehead atoms. The van der Waals surface area contributed by atoms with Crippen LogP contribution in [0.2, 0.25) is 0 Å². The molecule has 1 aliphatic carbocycles. The highest BCUT2D eigenvalue weighted by molar-refractivity contribution is 9.10. The minimum absolute atomic E-state index is 0.266. The summed E-state index contributed by atoms with van der Waals surface area (Å²) in [5.74, 6) is -0.605. The highest BCUT2D eigenvalue weighted by Gasteiger charge is 2.18. The Bertz CT molecular complexity index is 690. The molecule has 0 fully saturated rings. The van der Waals surface area contributed by atoms with Crippen LogP contribution in [0.15, 0.2) is 34.8 Å². The van der Waals surface area contributed by atoms with Crippen LogP contribution < -0.4 is 10.9 Å². The monoisotopic (exact) mass is 364 g/mol. The van der Waals surface area contributed by atoms with Gasteiger partial charge in [0.15, 0.2) is 0 Å². The lowest BCUT2D eigenvalue weighted by molar-refractivity contribution is 0.0849. The summed E-state index contributed by atoms with van der Waals surface area (Å²) < 4.78 is 0.816. The Hall–Kier alpha value is -1.66. The first kappa shape index (κ1) is 14.3. The van der Waals surface area contributed by atoms with Crippen molar-refractivity contribution in [1.29, 1.82) is 0 Å². The smallest absolute Gasteiger partial charge is 0.267 e. The van der Waals surface area contributed by atoms with Gasteiger partial charge < -0.3 is 0 Å². The summed E-state index contributed by atoms with van der Waals surface area (Å²) in [6, 6.07) is 8.91. The van der Waals surface area contributed by atoms with Gasteiger partial charge in [-0.15, -0.1) is 11.3 Å². The molecule has 1 heterocycles. The molecule has 0 atom stereocenters. The summed E-state index contributed by atoms with van der Waals surface area (Å²) in [5, 5.41) is 0. The van der Waals surface area contributed by atoms with Crippen molar-refractivity contribution in [3.8, 4) is 0 Å². The molecule has 2 aromatic rings. The maximum Gasteiger partial charge on any atom is 0.279 e. The molecule has 0 aliphatic heterocycles. The molecular weight excluding hydrogens is 352 g/mol. The first-order valence-electron chi connectivity index (χ1n) is 6.61. The molecule has 21 heavy (non-hydrogen) atoms. The van der Waals surface area contributed by atoms with E-state index in [0.29, 0.717) is 10.4 Å². The lowest BCUT2D eigenvalue weighted by Crippen LogP contribution is -2.41. The number of hydrogen-bond acceptors (Lipinski definition) is 3. The number of carbonyl (C=O) groups excluding carboxylic acids is 2. The van der Waals surface area contributed by atoms with E-state index in [1.54, 1.807) is 18.2 Å². The zero-order chi connectivity index (χ0) is 14.8. The van der Waals surface area contributed by atoms with Gasteiger partial charge in [-0.25, -0.2) is 0 Å². The van der Waals surface area contributed by atoms with Crippen LogP contribution in [0.25, 0.3) is 0 Å². The molecule has 2 N–H and O–H groups in total. The number of hydrazine groups is 1. The molecule has 0 saturated heterocycles. The molecule has 1 aromatic heterocycles. The predicted octanol–water partition coefficient (Wildman–Crippen LogP) is 3.07. The second-order valence-electron chi connectivity index (χ2n) is 4.83. The van der Waals surface area contributed by atoms with Crippen molar-refractivity contribution in [3.63, 3.8) is 0 Å². The van der Waals surface area contributed by atoms with Crippen LogP contribution in [0.5, 0.6) is 0 Å². The number of halogens is 1. The summed E-state index contributed by atoms with van der Waals surface area (Å²) in [7, 11) is 0. The van der Waals surface area contributed by atoms with E-state index in [-0.39, 0.29) is 11.8 Å². The second kappa shape index (κ2) is 5.99. The lowest BCUT2D eigenvalue weighted by Gasteiger charge is -2.06. The quantitative estimate of drug-likeness (QED) is 0.804. The summed E-state index contributed by atoms with van der Waals surface area (Å²) in [5.41, 5.74) is 6.65. The van der Waals surface area contributed by atoms with Crippen LogP contribution >= 0.6 is 27.3 Å². The van der Waals surface area contributed by atoms with E-state index in [4.69, 9.17) is 0 Å². The Kier molecular flexibility index (Phi) is 4.07. The van der Waals surface area contributed by atoms with Gasteiger partial charge in [-0.3, -0.25) is 20.4 Å². The number of fused-ring (bicyclic) bond motifs is 1. The minimum atomic E-state index is -0.339. The molecule has 4 nitrogen and oxygen atoms in total. The zero-order valence-electron chi connectivity index (χ0n) is 11.1. The SMILES string of the molecule is O=C(NNC(=O)c1cc2c(s1)CCC2)c1cccc(Br)c1. The van der Waals surface area contributed by atoms with Crippen molar-refractivity contribution in [2.75, 3.05) is 0 Å².